The van der Waals surface area contributed by atoms with Gasteiger partial charge in [-0.15, -0.1) is 0 Å². The summed E-state index contributed by atoms with van der Waals surface area (Å²) in [6.45, 7) is 6.84. The fraction of sp³-hybridized carbons (Fsp3) is 0.667. The Morgan fingerprint density at radius 1 is 1.05 bits per heavy atom. The van der Waals surface area contributed by atoms with Gasteiger partial charge in [0.2, 0.25) is 0 Å². The molecule has 1 aromatic rings. The molecule has 0 aromatic heterocycles. The van der Waals surface area contributed by atoms with Crippen LogP contribution in [0.15, 0.2) is 24.3 Å². The lowest BCUT2D eigenvalue weighted by Gasteiger charge is -2.20. The van der Waals surface area contributed by atoms with Crippen molar-refractivity contribution in [1.82, 2.24) is 0 Å². The molecule has 0 saturated heterocycles. The van der Waals surface area contributed by atoms with E-state index in [1.165, 1.54) is 49.7 Å². The zero-order valence-corrected chi connectivity index (χ0v) is 14.2. The van der Waals surface area contributed by atoms with Crippen molar-refractivity contribution in [3.05, 3.63) is 35.4 Å². The fourth-order valence-electron chi connectivity index (χ4n) is 3.06. The molecule has 19 heavy (non-hydrogen) atoms. The van der Waals surface area contributed by atoms with Crippen molar-refractivity contribution in [1.29, 1.82) is 0 Å². The third-order valence-electron chi connectivity index (χ3n) is 4.31. The maximum atomic E-state index is 3.83. The van der Waals surface area contributed by atoms with Gasteiger partial charge in [0.05, 0.1) is 0 Å². The third kappa shape index (κ3) is 4.63. The maximum Gasteiger partial charge on any atom is 0.0148 e. The van der Waals surface area contributed by atoms with Crippen LogP contribution in [0.1, 0.15) is 64.0 Å². The summed E-state index contributed by atoms with van der Waals surface area (Å²) < 4.78 is 0. The van der Waals surface area contributed by atoms with Crippen LogP contribution in [0.4, 0.5) is 0 Å². The van der Waals surface area contributed by atoms with Gasteiger partial charge in [0.1, 0.15) is 0 Å². The largest absolute Gasteiger partial charge is 0.0891 e. The molecule has 0 nitrogen and oxygen atoms in total. The van der Waals surface area contributed by atoms with Crippen molar-refractivity contribution in [3.63, 3.8) is 0 Å². The lowest BCUT2D eigenvalue weighted by molar-refractivity contribution is 0.463. The molecule has 2 atom stereocenters. The number of hydrogen-bond acceptors (Lipinski definition) is 0. The average Bonchev–Trinajstić information content (AvgIpc) is 2.53. The highest BCUT2D eigenvalue weighted by Crippen LogP contribution is 2.30. The highest BCUT2D eigenvalue weighted by atomic mass is 79.9. The minimum atomic E-state index is 0.266. The average molecular weight is 323 g/mol. The molecule has 0 N–H and O–H groups in total. The minimum Gasteiger partial charge on any atom is -0.0891 e. The van der Waals surface area contributed by atoms with E-state index in [1.807, 2.05) is 0 Å². The standard InChI is InChI=1S/C18H27Br/c1-18(2,3)16-10-8-14(9-11-16)12-15-6-4-5-7-17(19)13-15/h8-11,15,17H,4-7,12-13H2,1-3H3. The predicted octanol–water partition coefficient (Wildman–Crippen LogP) is 5.87. The van der Waals surface area contributed by atoms with Crippen LogP contribution in [0.3, 0.4) is 0 Å². The van der Waals surface area contributed by atoms with Gasteiger partial charge in [0.15, 0.2) is 0 Å². The van der Waals surface area contributed by atoms with Crippen LogP contribution in [0, 0.1) is 5.92 Å². The van der Waals surface area contributed by atoms with E-state index < -0.39 is 0 Å². The monoisotopic (exact) mass is 322 g/mol. The molecule has 0 bridgehead atoms. The Morgan fingerprint density at radius 3 is 2.32 bits per heavy atom. The number of halogens is 1. The summed E-state index contributed by atoms with van der Waals surface area (Å²) in [6.07, 6.45) is 8.18. The first-order valence-corrected chi connectivity index (χ1v) is 8.60. The Labute approximate surface area is 127 Å². The maximum absolute atomic E-state index is 3.83. The van der Waals surface area contributed by atoms with Gasteiger partial charge in [0.25, 0.3) is 0 Å². The molecule has 0 radical (unpaired) electrons. The Hall–Kier alpha value is -0.300. The predicted molar refractivity (Wildman–Crippen MR) is 88.1 cm³/mol. The van der Waals surface area contributed by atoms with Crippen molar-refractivity contribution in [3.8, 4) is 0 Å². The molecule has 1 fully saturated rings. The molecule has 2 rings (SSSR count). The Kier molecular flexibility index (Phi) is 5.11. The smallest absolute Gasteiger partial charge is 0.0148 e. The van der Waals surface area contributed by atoms with Crippen LogP contribution in [0.25, 0.3) is 0 Å². The summed E-state index contributed by atoms with van der Waals surface area (Å²) in [5.74, 6) is 0.868. The SMILES string of the molecule is CC(C)(C)c1ccc(CC2CCCCC(Br)C2)cc1. The second kappa shape index (κ2) is 6.43. The molecule has 0 amide bonds. The van der Waals surface area contributed by atoms with E-state index in [4.69, 9.17) is 0 Å². The molecule has 1 aliphatic carbocycles. The lowest BCUT2D eigenvalue weighted by atomic mass is 9.85. The normalized spacial score (nSPS) is 25.1. The summed E-state index contributed by atoms with van der Waals surface area (Å²) in [5.41, 5.74) is 3.22. The van der Waals surface area contributed by atoms with Gasteiger partial charge in [-0.25, -0.2) is 0 Å². The zero-order valence-electron chi connectivity index (χ0n) is 12.6. The Balaban J connectivity index is 1.99. The zero-order chi connectivity index (χ0) is 13.9. The molecular weight excluding hydrogens is 296 g/mol. The fourth-order valence-corrected chi connectivity index (χ4v) is 3.91. The first-order chi connectivity index (χ1) is 8.95. The quantitative estimate of drug-likeness (QED) is 0.471. The van der Waals surface area contributed by atoms with Crippen LogP contribution >= 0.6 is 15.9 Å². The highest BCUT2D eigenvalue weighted by molar-refractivity contribution is 9.09. The van der Waals surface area contributed by atoms with Gasteiger partial charge in [-0.05, 0) is 41.7 Å². The lowest BCUT2D eigenvalue weighted by Crippen LogP contribution is -2.11. The highest BCUT2D eigenvalue weighted by Gasteiger charge is 2.19. The molecule has 0 heterocycles. The molecule has 0 spiro atoms. The van der Waals surface area contributed by atoms with Crippen molar-refractivity contribution in [2.24, 2.45) is 5.92 Å². The first-order valence-electron chi connectivity index (χ1n) is 7.68. The molecule has 1 heteroatoms. The molecule has 0 aliphatic heterocycles. The first kappa shape index (κ1) is 15.1. The van der Waals surface area contributed by atoms with E-state index in [0.29, 0.717) is 0 Å². The minimum absolute atomic E-state index is 0.266. The third-order valence-corrected chi connectivity index (χ3v) is 5.14. The Morgan fingerprint density at radius 2 is 1.68 bits per heavy atom. The number of alkyl halides is 1. The summed E-state index contributed by atoms with van der Waals surface area (Å²) >= 11 is 3.83. The second-order valence-electron chi connectivity index (χ2n) is 7.13. The second-order valence-corrected chi connectivity index (χ2v) is 8.43. The van der Waals surface area contributed by atoms with Gasteiger partial charge in [-0.1, -0.05) is 80.2 Å². The number of benzene rings is 1. The topological polar surface area (TPSA) is 0 Å². The molecule has 1 saturated carbocycles. The van der Waals surface area contributed by atoms with Gasteiger partial charge in [-0.3, -0.25) is 0 Å². The van der Waals surface area contributed by atoms with Crippen molar-refractivity contribution in [2.75, 3.05) is 0 Å². The molecular formula is C18H27Br. The van der Waals surface area contributed by atoms with Crippen LogP contribution in [-0.4, -0.2) is 4.83 Å². The molecule has 1 aromatic carbocycles. The number of rotatable bonds is 2. The van der Waals surface area contributed by atoms with E-state index in [9.17, 15) is 0 Å². The number of hydrogen-bond donors (Lipinski definition) is 0. The van der Waals surface area contributed by atoms with Gasteiger partial charge in [-0.2, -0.15) is 0 Å². The van der Waals surface area contributed by atoms with Crippen molar-refractivity contribution in [2.45, 2.75) is 69.5 Å². The van der Waals surface area contributed by atoms with Gasteiger partial charge in [0, 0.05) is 4.83 Å². The van der Waals surface area contributed by atoms with Crippen LogP contribution in [-0.2, 0) is 11.8 Å². The van der Waals surface area contributed by atoms with E-state index in [0.717, 1.165) is 10.7 Å². The van der Waals surface area contributed by atoms with Crippen LogP contribution < -0.4 is 0 Å². The van der Waals surface area contributed by atoms with E-state index in [1.54, 1.807) is 0 Å². The van der Waals surface area contributed by atoms with Crippen molar-refractivity contribution >= 4 is 15.9 Å². The van der Waals surface area contributed by atoms with Gasteiger partial charge >= 0.3 is 0 Å². The summed E-state index contributed by atoms with van der Waals surface area (Å²) in [4.78, 5) is 0.744. The molecule has 2 unspecified atom stereocenters. The summed E-state index contributed by atoms with van der Waals surface area (Å²) in [7, 11) is 0. The van der Waals surface area contributed by atoms with Crippen LogP contribution in [0.2, 0.25) is 0 Å². The summed E-state index contributed by atoms with van der Waals surface area (Å²) in [6, 6.07) is 9.32. The van der Waals surface area contributed by atoms with Crippen LogP contribution in [0.5, 0.6) is 0 Å². The van der Waals surface area contributed by atoms with Crippen molar-refractivity contribution < 1.29 is 0 Å². The molecule has 106 valence electrons. The van der Waals surface area contributed by atoms with E-state index in [2.05, 4.69) is 61.0 Å². The van der Waals surface area contributed by atoms with E-state index >= 15 is 0 Å². The molecule has 1 aliphatic rings. The summed E-state index contributed by atoms with van der Waals surface area (Å²) in [5, 5.41) is 0. The Bertz CT molecular complexity index is 385. The van der Waals surface area contributed by atoms with Gasteiger partial charge < -0.3 is 0 Å². The van der Waals surface area contributed by atoms with E-state index in [-0.39, 0.29) is 5.41 Å².